The number of carbonyl (C=O) groups is 2. The number of nitrogens with zero attached hydrogens (tertiary/aromatic N) is 3. The first kappa shape index (κ1) is 144. The number of aliphatic carboxylic acids is 1. The van der Waals surface area contributed by atoms with E-state index in [-0.39, 0.29) is 37.8 Å². The zero-order valence-corrected chi connectivity index (χ0v) is 92.1. The third-order valence-corrected chi connectivity index (χ3v) is 18.5. The van der Waals surface area contributed by atoms with Gasteiger partial charge in [-0.15, -0.1) is 0 Å². The quantitative estimate of drug-likeness (QED) is 0.0299. The number of carbonyl (C=O) groups excluding carboxylic acids is 1. The molecule has 1 aromatic heterocycles. The maximum atomic E-state index is 10.7. The van der Waals surface area contributed by atoms with Crippen molar-refractivity contribution in [1.29, 1.82) is 0 Å². The van der Waals surface area contributed by atoms with Crippen molar-refractivity contribution < 1.29 is 111 Å². The van der Waals surface area contributed by atoms with Crippen molar-refractivity contribution in [2.24, 2.45) is 60.1 Å². The molecule has 26 nitrogen and oxygen atoms in total. The Morgan fingerprint density at radius 2 is 0.565 bits per heavy atom. The van der Waals surface area contributed by atoms with Crippen LogP contribution < -0.4 is 0 Å². The molecule has 0 amide bonds. The fraction of sp³-hybridized carbons (Fsp3) is 0.933. The van der Waals surface area contributed by atoms with Crippen molar-refractivity contribution in [3.05, 3.63) is 30.1 Å². The molecule has 1 fully saturated rings. The minimum atomic E-state index is -0.691. The van der Waals surface area contributed by atoms with E-state index >= 15 is 0 Å². The smallest absolute Gasteiger partial charge is 0.305 e. The first-order valence-electron chi connectivity index (χ1n) is 49.2. The van der Waals surface area contributed by atoms with Crippen LogP contribution in [0.25, 0.3) is 0 Å². The number of aliphatic hydroxyl groups is 4. The van der Waals surface area contributed by atoms with Crippen LogP contribution in [0.2, 0.25) is 0 Å². The molecule has 0 atom stereocenters. The van der Waals surface area contributed by atoms with Gasteiger partial charge in [0.2, 0.25) is 0 Å². The molecule has 0 spiro atoms. The zero-order valence-electron chi connectivity index (χ0n) is 92.1. The molecule has 0 aromatic carbocycles. The summed E-state index contributed by atoms with van der Waals surface area (Å²) in [6.45, 7) is 87.7. The molecule has 2 heterocycles. The number of aromatic nitrogens is 1. The van der Waals surface area contributed by atoms with E-state index in [0.717, 1.165) is 103 Å². The predicted octanol–water partition coefficient (Wildman–Crippen LogP) is 20.0. The van der Waals surface area contributed by atoms with Gasteiger partial charge in [-0.3, -0.25) is 14.6 Å². The Morgan fingerprint density at radius 3 is 0.779 bits per heavy atom. The molecule has 26 heteroatoms. The number of esters is 1. The summed E-state index contributed by atoms with van der Waals surface area (Å²) in [5.41, 5.74) is 5.09. The third-order valence-electron chi connectivity index (χ3n) is 18.5. The number of piperidine rings is 1. The summed E-state index contributed by atoms with van der Waals surface area (Å²) in [5.74, 6) is 0.150. The van der Waals surface area contributed by atoms with E-state index in [2.05, 4.69) is 261 Å². The van der Waals surface area contributed by atoms with Gasteiger partial charge >= 0.3 is 11.9 Å². The number of pyridine rings is 1. The second-order valence-electron chi connectivity index (χ2n) is 45.3. The zero-order chi connectivity index (χ0) is 102. The average molecular weight is 1890 g/mol. The van der Waals surface area contributed by atoms with Gasteiger partial charge in [-0.25, -0.2) is 0 Å². The summed E-state index contributed by atoms with van der Waals surface area (Å²) in [4.78, 5) is 29.4. The van der Waals surface area contributed by atoms with Crippen molar-refractivity contribution in [2.75, 3.05) is 273 Å². The Kier molecular flexibility index (Phi) is 101. The maximum absolute atomic E-state index is 10.7. The normalized spacial score (nSPS) is 12.9. The lowest BCUT2D eigenvalue weighted by atomic mass is 9.75. The Hall–Kier alpha value is -2.75. The van der Waals surface area contributed by atoms with E-state index in [0.29, 0.717) is 220 Å². The van der Waals surface area contributed by atoms with Gasteiger partial charge in [-0.1, -0.05) is 208 Å². The standard InChI is InChI=1S/C20H42O8.C12H26O4.C10H21N.C10H15N.C10H22O3.C9H21N.C9H20O2.C9H18O2.C8H18O2.C8H16O2/c1-20(2,3)4-6-22-8-10-24-12-14-26-16-18-28-19-17-27-15-13-25-11-9-23-7-5-21;1-12(2,3)4-6-14-8-10-16-11-9-15-7-5-13;1-10(2,3)9-5-7-11(4)8-6-9;1-10(2,3)8-9-4-6-11-7-5-9;1-10(2,3)4-6-12-8-9-13-7-5-11;1-9(2,3)7-6-8-10(4)5;1-9(2,3)5-6-11-8-7-10-4;1-9(2,3)7-5-6-8(10)11-4;1-8(2,3)4-6-10-7-5-9;1-8(2,3)6-4-5-7(9)10/h21H,4-19H2,1-3H3;13H,4-11H2,1-3H3;9H,5-8H2,1-4H3;4-7H,8H2,1-3H3;11H,4-9H2,1-3H3;6-8H2,1-5H3;5-8H2,1-4H3;5-7H2,1-4H3;9H,4-7H2,1-3H3;4-6H2,1-3H3,(H,9,10). The van der Waals surface area contributed by atoms with Crippen LogP contribution in [0.15, 0.2) is 24.5 Å². The van der Waals surface area contributed by atoms with E-state index in [1.165, 1.54) is 58.0 Å². The SMILES string of the molecule is CC(C)(C)CCCC(=O)O.CC(C)(C)CCOCCO.CC(C)(C)CCOCCOCCO.CC(C)(C)CCOCCOCCOCCO.CC(C)(C)CCOCCOCCOCCOCCOCCOCCOCCO.CC(C)(C)Cc1ccncc1.CN(C)CCCC(C)(C)C.CN1CCC(C(C)(C)C)CC1.COC(=O)CCCC(C)(C)C.COCCOCCC(C)(C)C. The average Bonchev–Trinajstić information content (AvgIpc) is 0.865. The molecule has 1 aromatic rings. The fourth-order valence-electron chi connectivity index (χ4n) is 10.3. The molecule has 1 aliphatic heterocycles. The lowest BCUT2D eigenvalue weighted by molar-refractivity contribution is -0.141. The fourth-order valence-corrected chi connectivity index (χ4v) is 10.3. The Balaban J connectivity index is -0.000000219. The van der Waals surface area contributed by atoms with Crippen molar-refractivity contribution in [3.63, 3.8) is 0 Å². The number of likely N-dealkylation sites (tertiary alicyclic amines) is 1. The summed E-state index contributed by atoms with van der Waals surface area (Å²) < 4.78 is 83.5. The third kappa shape index (κ3) is 158. The lowest BCUT2D eigenvalue weighted by Gasteiger charge is -2.37. The molecular formula is C105H219N3O23. The number of ether oxygens (including phenoxy) is 16. The highest BCUT2D eigenvalue weighted by Gasteiger charge is 2.27. The van der Waals surface area contributed by atoms with E-state index < -0.39 is 5.97 Å². The van der Waals surface area contributed by atoms with Crippen LogP contribution in [0.1, 0.15) is 310 Å². The first-order chi connectivity index (χ1) is 60.7. The molecule has 0 aliphatic carbocycles. The van der Waals surface area contributed by atoms with Crippen molar-refractivity contribution in [3.8, 4) is 0 Å². The highest BCUT2D eigenvalue weighted by Crippen LogP contribution is 2.34. The van der Waals surface area contributed by atoms with Crippen molar-refractivity contribution in [1.82, 2.24) is 14.8 Å². The number of carboxylic acid groups (broad SMARTS) is 1. The van der Waals surface area contributed by atoms with E-state index in [9.17, 15) is 9.59 Å². The molecule has 5 N–H and O–H groups in total. The molecule has 2 rings (SSSR count). The maximum Gasteiger partial charge on any atom is 0.305 e. The molecule has 0 bridgehead atoms. The number of methoxy groups -OCH3 is 2. The molecule has 0 unspecified atom stereocenters. The van der Waals surface area contributed by atoms with Crippen LogP contribution in [0.3, 0.4) is 0 Å². The van der Waals surface area contributed by atoms with E-state index in [1.807, 2.05) is 12.4 Å². The van der Waals surface area contributed by atoms with Gasteiger partial charge in [0, 0.05) is 65.4 Å². The summed E-state index contributed by atoms with van der Waals surface area (Å²) >= 11 is 0. The van der Waals surface area contributed by atoms with Gasteiger partial charge < -0.3 is 111 Å². The summed E-state index contributed by atoms with van der Waals surface area (Å²) in [5, 5.41) is 42.1. The van der Waals surface area contributed by atoms with Crippen molar-refractivity contribution >= 4 is 11.9 Å². The summed E-state index contributed by atoms with van der Waals surface area (Å²) in [6.07, 6.45) is 20.2. The Bertz CT molecular complexity index is 2450. The predicted molar refractivity (Wildman–Crippen MR) is 543 cm³/mol. The van der Waals surface area contributed by atoms with Gasteiger partial charge in [-0.2, -0.15) is 0 Å². The monoisotopic (exact) mass is 1890 g/mol. The second-order valence-corrected chi connectivity index (χ2v) is 45.3. The van der Waals surface area contributed by atoms with Gasteiger partial charge in [0.1, 0.15) is 0 Å². The van der Waals surface area contributed by atoms with Gasteiger partial charge in [0.25, 0.3) is 0 Å². The lowest BCUT2D eigenvalue weighted by Crippen LogP contribution is -2.35. The van der Waals surface area contributed by atoms with Gasteiger partial charge in [0.15, 0.2) is 0 Å². The second kappa shape index (κ2) is 92.3. The van der Waals surface area contributed by atoms with Crippen LogP contribution >= 0.6 is 0 Å². The Morgan fingerprint density at radius 1 is 0.336 bits per heavy atom. The van der Waals surface area contributed by atoms with Crippen LogP contribution in [-0.4, -0.2) is 325 Å². The Labute approximate surface area is 807 Å². The highest BCUT2D eigenvalue weighted by atomic mass is 16.6. The van der Waals surface area contributed by atoms with Crippen LogP contribution in [0.4, 0.5) is 0 Å². The minimum Gasteiger partial charge on any atom is -0.481 e. The van der Waals surface area contributed by atoms with Crippen molar-refractivity contribution in [2.45, 2.75) is 310 Å². The van der Waals surface area contributed by atoms with Gasteiger partial charge in [-0.05, 0) is 208 Å². The number of aliphatic hydroxyl groups excluding tert-OH is 4. The highest BCUT2D eigenvalue weighted by molar-refractivity contribution is 5.69. The largest absolute Gasteiger partial charge is 0.481 e. The molecule has 792 valence electrons. The minimum absolute atomic E-state index is 0.0371. The molecule has 0 saturated carbocycles. The van der Waals surface area contributed by atoms with Crippen LogP contribution in [-0.2, 0) is 91.8 Å². The summed E-state index contributed by atoms with van der Waals surface area (Å²) in [6, 6.07) is 4.15. The van der Waals surface area contributed by atoms with Gasteiger partial charge in [0.05, 0.1) is 192 Å². The number of hydrogen-bond acceptors (Lipinski definition) is 25. The van der Waals surface area contributed by atoms with E-state index in [1.54, 1.807) is 7.11 Å². The molecule has 0 radical (unpaired) electrons. The van der Waals surface area contributed by atoms with Crippen LogP contribution in [0.5, 0.6) is 0 Å². The number of carboxylic acids is 1. The molecule has 131 heavy (non-hydrogen) atoms. The molecular weight excluding hydrogens is 1670 g/mol. The van der Waals surface area contributed by atoms with E-state index in [4.69, 9.17) is 96.6 Å². The van der Waals surface area contributed by atoms with Crippen LogP contribution in [0, 0.1) is 60.1 Å². The summed E-state index contributed by atoms with van der Waals surface area (Å²) in [7, 11) is 9.59. The number of rotatable bonds is 58. The molecule has 1 aliphatic rings. The molecule has 1 saturated heterocycles. The first-order valence-corrected chi connectivity index (χ1v) is 49.2. The number of hydrogen-bond donors (Lipinski definition) is 5. The topological polar surface area (TPSA) is 302 Å².